The number of carbonyl (C=O) groups is 1. The van der Waals surface area contributed by atoms with E-state index < -0.39 is 0 Å². The predicted molar refractivity (Wildman–Crippen MR) is 89.1 cm³/mol. The zero-order valence-electron chi connectivity index (χ0n) is 13.0. The third-order valence-corrected chi connectivity index (χ3v) is 3.88. The first-order valence-electron chi connectivity index (χ1n) is 7.93. The number of anilines is 1. The van der Waals surface area contributed by atoms with E-state index in [0.717, 1.165) is 30.7 Å². The lowest BCUT2D eigenvalue weighted by Crippen LogP contribution is -2.39. The van der Waals surface area contributed by atoms with Gasteiger partial charge in [0, 0.05) is 37.8 Å². The number of amides is 2. The van der Waals surface area contributed by atoms with E-state index in [1.165, 1.54) is 0 Å². The zero-order valence-corrected chi connectivity index (χ0v) is 13.0. The van der Waals surface area contributed by atoms with Gasteiger partial charge in [0.1, 0.15) is 0 Å². The normalized spacial score (nSPS) is 17.0. The molecule has 2 amide bonds. The molecule has 1 N–H and O–H groups in total. The van der Waals surface area contributed by atoms with Gasteiger partial charge in [0.2, 0.25) is 0 Å². The number of nitrogens with one attached hydrogen (secondary N) is 1. The summed E-state index contributed by atoms with van der Waals surface area (Å²) in [7, 11) is 0. The number of hydrogen-bond donors (Lipinski definition) is 1. The summed E-state index contributed by atoms with van der Waals surface area (Å²) >= 11 is 0. The van der Waals surface area contributed by atoms with Crippen LogP contribution in [0.4, 0.5) is 10.5 Å². The first-order chi connectivity index (χ1) is 11.3. The van der Waals surface area contributed by atoms with Crippen LogP contribution in [0.1, 0.15) is 18.4 Å². The van der Waals surface area contributed by atoms with Crippen molar-refractivity contribution in [3.63, 3.8) is 0 Å². The van der Waals surface area contributed by atoms with Crippen molar-refractivity contribution in [1.82, 2.24) is 9.88 Å². The zero-order chi connectivity index (χ0) is 15.9. The largest absolute Gasteiger partial charge is 0.376 e. The van der Waals surface area contributed by atoms with Crippen molar-refractivity contribution in [2.24, 2.45) is 0 Å². The molecule has 23 heavy (non-hydrogen) atoms. The number of hydrogen-bond acceptors (Lipinski definition) is 3. The Morgan fingerprint density at radius 3 is 2.70 bits per heavy atom. The number of nitrogens with zero attached hydrogens (tertiary/aromatic N) is 2. The summed E-state index contributed by atoms with van der Waals surface area (Å²) < 4.78 is 5.69. The number of urea groups is 1. The number of ether oxygens (including phenoxy) is 1. The summed E-state index contributed by atoms with van der Waals surface area (Å²) in [4.78, 5) is 18.5. The Morgan fingerprint density at radius 2 is 2.00 bits per heavy atom. The average molecular weight is 311 g/mol. The van der Waals surface area contributed by atoms with Gasteiger partial charge < -0.3 is 15.0 Å². The van der Waals surface area contributed by atoms with Crippen LogP contribution in [0.5, 0.6) is 0 Å². The van der Waals surface area contributed by atoms with Gasteiger partial charge in [-0.2, -0.15) is 0 Å². The molecule has 0 spiro atoms. The first-order valence-corrected chi connectivity index (χ1v) is 7.93. The molecule has 0 bridgehead atoms. The van der Waals surface area contributed by atoms with Crippen LogP contribution in [0.3, 0.4) is 0 Å². The van der Waals surface area contributed by atoms with Crippen LogP contribution in [-0.4, -0.2) is 35.2 Å². The first kappa shape index (κ1) is 15.5. The molecule has 2 aromatic rings. The Bertz CT molecular complexity index is 613. The molecule has 2 heterocycles. The minimum Gasteiger partial charge on any atom is -0.376 e. The van der Waals surface area contributed by atoms with Crippen LogP contribution >= 0.6 is 0 Å². The molecule has 0 saturated carbocycles. The molecule has 1 aromatic carbocycles. The van der Waals surface area contributed by atoms with Crippen LogP contribution in [0.15, 0.2) is 54.9 Å². The molecular weight excluding hydrogens is 290 g/mol. The molecule has 5 heteroatoms. The Morgan fingerprint density at radius 1 is 1.22 bits per heavy atom. The second-order valence-corrected chi connectivity index (χ2v) is 5.67. The molecule has 5 nitrogen and oxygen atoms in total. The van der Waals surface area contributed by atoms with Crippen LogP contribution < -0.4 is 5.32 Å². The van der Waals surface area contributed by atoms with Crippen LogP contribution in [0.25, 0.3) is 0 Å². The third kappa shape index (κ3) is 4.53. The summed E-state index contributed by atoms with van der Waals surface area (Å²) in [6.07, 6.45) is 5.68. The van der Waals surface area contributed by atoms with Crippen molar-refractivity contribution in [3.05, 3.63) is 60.4 Å². The second kappa shape index (κ2) is 7.74. The maximum atomic E-state index is 12.6. The summed E-state index contributed by atoms with van der Waals surface area (Å²) in [5.41, 5.74) is 1.85. The number of para-hydroxylation sites is 1. The predicted octanol–water partition coefficient (Wildman–Crippen LogP) is 3.29. The maximum Gasteiger partial charge on any atom is 0.322 e. The Kier molecular flexibility index (Phi) is 5.21. The summed E-state index contributed by atoms with van der Waals surface area (Å²) in [5.74, 6) is 0. The van der Waals surface area contributed by atoms with Gasteiger partial charge in [-0.1, -0.05) is 18.2 Å². The van der Waals surface area contributed by atoms with Crippen molar-refractivity contribution >= 4 is 11.7 Å². The van der Waals surface area contributed by atoms with Crippen LogP contribution in [-0.2, 0) is 11.3 Å². The molecule has 1 aliphatic heterocycles. The van der Waals surface area contributed by atoms with Crippen molar-refractivity contribution in [2.75, 3.05) is 18.5 Å². The number of rotatable bonds is 5. The monoisotopic (exact) mass is 311 g/mol. The lowest BCUT2D eigenvalue weighted by Gasteiger charge is -2.26. The van der Waals surface area contributed by atoms with Gasteiger partial charge in [0.25, 0.3) is 0 Å². The number of carbonyl (C=O) groups excluding carboxylic acids is 1. The highest BCUT2D eigenvalue weighted by Crippen LogP contribution is 2.16. The molecule has 3 rings (SSSR count). The van der Waals surface area contributed by atoms with Gasteiger partial charge >= 0.3 is 6.03 Å². The quantitative estimate of drug-likeness (QED) is 0.922. The molecule has 1 atom stereocenters. The number of aromatic nitrogens is 1. The molecule has 1 saturated heterocycles. The fourth-order valence-corrected chi connectivity index (χ4v) is 2.69. The van der Waals surface area contributed by atoms with Gasteiger partial charge in [0.05, 0.1) is 6.10 Å². The van der Waals surface area contributed by atoms with Gasteiger partial charge in [-0.15, -0.1) is 0 Å². The van der Waals surface area contributed by atoms with E-state index in [1.54, 1.807) is 17.3 Å². The van der Waals surface area contributed by atoms with Gasteiger partial charge in [-0.25, -0.2) is 4.79 Å². The van der Waals surface area contributed by atoms with Crippen molar-refractivity contribution in [1.29, 1.82) is 0 Å². The Labute approximate surface area is 136 Å². The van der Waals surface area contributed by atoms with E-state index in [4.69, 9.17) is 4.74 Å². The lowest BCUT2D eigenvalue weighted by atomic mass is 10.2. The fraction of sp³-hybridized carbons (Fsp3) is 0.333. The fourth-order valence-electron chi connectivity index (χ4n) is 2.69. The maximum absolute atomic E-state index is 12.6. The molecule has 1 aliphatic rings. The highest BCUT2D eigenvalue weighted by molar-refractivity contribution is 5.89. The number of benzene rings is 1. The summed E-state index contributed by atoms with van der Waals surface area (Å²) in [5, 5.41) is 2.95. The smallest absolute Gasteiger partial charge is 0.322 e. The van der Waals surface area contributed by atoms with E-state index in [0.29, 0.717) is 13.1 Å². The van der Waals surface area contributed by atoms with E-state index in [1.807, 2.05) is 42.5 Å². The summed E-state index contributed by atoms with van der Waals surface area (Å²) in [6, 6.07) is 13.3. The molecular formula is C18H21N3O2. The second-order valence-electron chi connectivity index (χ2n) is 5.67. The van der Waals surface area contributed by atoms with Crippen molar-refractivity contribution < 1.29 is 9.53 Å². The minimum absolute atomic E-state index is 0.108. The highest BCUT2D eigenvalue weighted by atomic mass is 16.5. The van der Waals surface area contributed by atoms with E-state index >= 15 is 0 Å². The molecule has 0 radical (unpaired) electrons. The lowest BCUT2D eigenvalue weighted by molar-refractivity contribution is 0.0819. The molecule has 0 aliphatic carbocycles. The molecule has 1 aromatic heterocycles. The van der Waals surface area contributed by atoms with Crippen LogP contribution in [0.2, 0.25) is 0 Å². The number of pyridine rings is 1. The van der Waals surface area contributed by atoms with Crippen molar-refractivity contribution in [2.45, 2.75) is 25.5 Å². The topological polar surface area (TPSA) is 54.5 Å². The molecule has 120 valence electrons. The van der Waals surface area contributed by atoms with E-state index in [9.17, 15) is 4.79 Å². The Hall–Kier alpha value is -2.40. The van der Waals surface area contributed by atoms with E-state index in [2.05, 4.69) is 10.3 Å². The third-order valence-electron chi connectivity index (χ3n) is 3.88. The Balaban J connectivity index is 1.69. The van der Waals surface area contributed by atoms with Crippen LogP contribution in [0, 0.1) is 0 Å². The molecule has 0 unspecified atom stereocenters. The highest BCUT2D eigenvalue weighted by Gasteiger charge is 2.22. The summed E-state index contributed by atoms with van der Waals surface area (Å²) in [6.45, 7) is 1.93. The average Bonchev–Trinajstić information content (AvgIpc) is 3.09. The van der Waals surface area contributed by atoms with Gasteiger partial charge in [0.15, 0.2) is 0 Å². The van der Waals surface area contributed by atoms with E-state index in [-0.39, 0.29) is 12.1 Å². The SMILES string of the molecule is O=C(Nc1ccccc1)N(Cc1ccncc1)C[C@@H]1CCCO1. The van der Waals surface area contributed by atoms with Crippen molar-refractivity contribution in [3.8, 4) is 0 Å². The standard InChI is InChI=1S/C18H21N3O2/c22-18(20-16-5-2-1-3-6-16)21(14-17-7-4-12-23-17)13-15-8-10-19-11-9-15/h1-3,5-6,8-11,17H,4,7,12-14H2,(H,20,22)/t17-/m0/s1. The van der Waals surface area contributed by atoms with Gasteiger partial charge in [-0.05, 0) is 42.7 Å². The minimum atomic E-state index is -0.108. The van der Waals surface area contributed by atoms with Gasteiger partial charge in [-0.3, -0.25) is 4.98 Å². The molecule has 1 fully saturated rings.